The second kappa shape index (κ2) is 5.23. The van der Waals surface area contributed by atoms with E-state index >= 15 is 0 Å². The molecular formula is C15H13ClN2O2. The molecule has 0 saturated carbocycles. The number of hydrogen-bond donors (Lipinski definition) is 2. The van der Waals surface area contributed by atoms with E-state index in [4.69, 9.17) is 11.6 Å². The molecule has 0 saturated heterocycles. The van der Waals surface area contributed by atoms with Gasteiger partial charge in [-0.15, -0.1) is 0 Å². The highest BCUT2D eigenvalue weighted by Gasteiger charge is 2.31. The van der Waals surface area contributed by atoms with Gasteiger partial charge < -0.3 is 10.4 Å². The summed E-state index contributed by atoms with van der Waals surface area (Å²) in [5, 5.41) is 13.3. The lowest BCUT2D eigenvalue weighted by molar-refractivity contribution is 0.0858. The Morgan fingerprint density at radius 1 is 1.30 bits per heavy atom. The minimum Gasteiger partial charge on any atom is -0.390 e. The van der Waals surface area contributed by atoms with Crippen LogP contribution in [0.5, 0.6) is 0 Å². The van der Waals surface area contributed by atoms with Gasteiger partial charge in [0.1, 0.15) is 5.15 Å². The number of amides is 1. The van der Waals surface area contributed by atoms with E-state index in [-0.39, 0.29) is 11.9 Å². The van der Waals surface area contributed by atoms with Crippen LogP contribution >= 0.6 is 11.6 Å². The summed E-state index contributed by atoms with van der Waals surface area (Å²) >= 11 is 5.69. The van der Waals surface area contributed by atoms with E-state index in [9.17, 15) is 9.90 Å². The Labute approximate surface area is 121 Å². The molecule has 1 aromatic carbocycles. The Hall–Kier alpha value is -1.91. The molecule has 1 amide bonds. The number of carbonyl (C=O) groups excluding carboxylic acids is 1. The molecule has 0 spiro atoms. The smallest absolute Gasteiger partial charge is 0.253 e. The van der Waals surface area contributed by atoms with E-state index in [1.807, 2.05) is 24.3 Å². The van der Waals surface area contributed by atoms with Crippen molar-refractivity contribution in [3.63, 3.8) is 0 Å². The molecule has 2 N–H and O–H groups in total. The first-order valence-corrected chi connectivity index (χ1v) is 6.71. The van der Waals surface area contributed by atoms with Crippen molar-refractivity contribution in [1.29, 1.82) is 0 Å². The number of aromatic nitrogens is 1. The summed E-state index contributed by atoms with van der Waals surface area (Å²) in [7, 11) is 0. The number of nitrogens with zero attached hydrogens (tertiary/aromatic N) is 1. The normalized spacial score (nSPS) is 20.5. The summed E-state index contributed by atoms with van der Waals surface area (Å²) in [5.74, 6) is -0.269. The summed E-state index contributed by atoms with van der Waals surface area (Å²) in [6, 6.07) is 10.5. The molecule has 20 heavy (non-hydrogen) atoms. The molecule has 0 radical (unpaired) electrons. The molecule has 0 fully saturated rings. The van der Waals surface area contributed by atoms with E-state index in [2.05, 4.69) is 10.3 Å². The van der Waals surface area contributed by atoms with Crippen LogP contribution in [0.2, 0.25) is 5.15 Å². The third-order valence-corrected chi connectivity index (χ3v) is 3.70. The van der Waals surface area contributed by atoms with Crippen molar-refractivity contribution >= 4 is 17.5 Å². The average Bonchev–Trinajstić information content (AvgIpc) is 2.76. The third-order valence-electron chi connectivity index (χ3n) is 3.48. The number of fused-ring (bicyclic) bond motifs is 1. The maximum Gasteiger partial charge on any atom is 0.253 e. The van der Waals surface area contributed by atoms with Gasteiger partial charge >= 0.3 is 0 Å². The molecule has 1 aliphatic carbocycles. The van der Waals surface area contributed by atoms with Gasteiger partial charge in [-0.25, -0.2) is 4.98 Å². The second-order valence-corrected chi connectivity index (χ2v) is 5.18. The molecule has 3 rings (SSSR count). The molecule has 1 aliphatic rings. The fourth-order valence-electron chi connectivity index (χ4n) is 2.48. The molecular weight excluding hydrogens is 276 g/mol. The maximum atomic E-state index is 12.2. The second-order valence-electron chi connectivity index (χ2n) is 4.79. The molecule has 1 heterocycles. The van der Waals surface area contributed by atoms with Crippen LogP contribution in [0.1, 0.15) is 27.5 Å². The largest absolute Gasteiger partial charge is 0.390 e. The van der Waals surface area contributed by atoms with Gasteiger partial charge in [0.25, 0.3) is 5.91 Å². The minimum absolute atomic E-state index is 0.269. The van der Waals surface area contributed by atoms with E-state index in [1.165, 1.54) is 6.20 Å². The van der Waals surface area contributed by atoms with Crippen LogP contribution in [0.15, 0.2) is 42.6 Å². The lowest BCUT2D eigenvalue weighted by Crippen LogP contribution is -2.33. The molecule has 5 heteroatoms. The summed E-state index contributed by atoms with van der Waals surface area (Å²) in [5.41, 5.74) is 2.46. The zero-order valence-corrected chi connectivity index (χ0v) is 11.3. The number of hydrogen-bond acceptors (Lipinski definition) is 3. The van der Waals surface area contributed by atoms with E-state index in [1.54, 1.807) is 12.1 Å². The number of aliphatic hydroxyl groups excluding tert-OH is 1. The quantitative estimate of drug-likeness (QED) is 0.832. The van der Waals surface area contributed by atoms with E-state index in [0.717, 1.165) is 11.1 Å². The Balaban J connectivity index is 1.81. The molecule has 0 aliphatic heterocycles. The Morgan fingerprint density at radius 3 is 2.85 bits per heavy atom. The number of benzene rings is 1. The van der Waals surface area contributed by atoms with Crippen LogP contribution < -0.4 is 5.32 Å². The van der Waals surface area contributed by atoms with Gasteiger partial charge in [0.2, 0.25) is 0 Å². The van der Waals surface area contributed by atoms with Gasteiger partial charge in [0.15, 0.2) is 0 Å². The van der Waals surface area contributed by atoms with E-state index in [0.29, 0.717) is 17.1 Å². The number of carbonyl (C=O) groups is 1. The minimum atomic E-state index is -0.600. The standard InChI is InChI=1S/C15H13ClN2O2/c16-13-6-5-10(8-17-13)15(20)18-14-11-4-2-1-3-9(11)7-12(14)19/h1-6,8,12,14,19H,7H2,(H,18,20)/t12-,14+/m1/s1. The average molecular weight is 289 g/mol. The van der Waals surface area contributed by atoms with Gasteiger partial charge in [0, 0.05) is 12.6 Å². The van der Waals surface area contributed by atoms with Crippen LogP contribution in [0.25, 0.3) is 0 Å². The van der Waals surface area contributed by atoms with Gasteiger partial charge in [-0.1, -0.05) is 35.9 Å². The molecule has 0 unspecified atom stereocenters. The first-order valence-electron chi connectivity index (χ1n) is 6.33. The molecule has 0 bridgehead atoms. The fraction of sp³-hybridized carbons (Fsp3) is 0.200. The first-order chi connectivity index (χ1) is 9.65. The van der Waals surface area contributed by atoms with Gasteiger partial charge in [0.05, 0.1) is 17.7 Å². The number of aliphatic hydroxyl groups is 1. The van der Waals surface area contributed by atoms with E-state index < -0.39 is 6.10 Å². The fourth-order valence-corrected chi connectivity index (χ4v) is 2.59. The monoisotopic (exact) mass is 288 g/mol. The van der Waals surface area contributed by atoms with Gasteiger partial charge in [-0.3, -0.25) is 4.79 Å². The van der Waals surface area contributed by atoms with Crippen molar-refractivity contribution in [1.82, 2.24) is 10.3 Å². The summed E-state index contributed by atoms with van der Waals surface area (Å²) < 4.78 is 0. The van der Waals surface area contributed by atoms with Gasteiger partial charge in [-0.2, -0.15) is 0 Å². The topological polar surface area (TPSA) is 62.2 Å². The molecule has 102 valence electrons. The highest BCUT2D eigenvalue weighted by atomic mass is 35.5. The first kappa shape index (κ1) is 13.1. The van der Waals surface area contributed by atoms with Gasteiger partial charge in [-0.05, 0) is 23.3 Å². The van der Waals surface area contributed by atoms with Crippen LogP contribution in [-0.2, 0) is 6.42 Å². The van der Waals surface area contributed by atoms with Crippen molar-refractivity contribution in [3.8, 4) is 0 Å². The maximum absolute atomic E-state index is 12.2. The number of rotatable bonds is 2. The Kier molecular flexibility index (Phi) is 3.42. The Morgan fingerprint density at radius 2 is 2.10 bits per heavy atom. The predicted molar refractivity (Wildman–Crippen MR) is 75.6 cm³/mol. The zero-order valence-electron chi connectivity index (χ0n) is 10.6. The van der Waals surface area contributed by atoms with Crippen LogP contribution in [0.4, 0.5) is 0 Å². The summed E-state index contributed by atoms with van der Waals surface area (Å²) in [6.45, 7) is 0. The van der Waals surface area contributed by atoms with Crippen molar-refractivity contribution in [2.24, 2.45) is 0 Å². The summed E-state index contributed by atoms with van der Waals surface area (Å²) in [4.78, 5) is 16.0. The summed E-state index contributed by atoms with van der Waals surface area (Å²) in [6.07, 6.45) is 1.38. The van der Waals surface area contributed by atoms with Crippen LogP contribution in [-0.4, -0.2) is 22.1 Å². The molecule has 2 atom stereocenters. The van der Waals surface area contributed by atoms with Crippen molar-refractivity contribution < 1.29 is 9.90 Å². The Bertz CT molecular complexity index is 643. The molecule has 4 nitrogen and oxygen atoms in total. The lowest BCUT2D eigenvalue weighted by atomic mass is 10.1. The van der Waals surface area contributed by atoms with Crippen LogP contribution in [0, 0.1) is 0 Å². The van der Waals surface area contributed by atoms with Crippen molar-refractivity contribution in [2.45, 2.75) is 18.6 Å². The lowest BCUT2D eigenvalue weighted by Gasteiger charge is -2.17. The SMILES string of the molecule is O=C(N[C@H]1c2ccccc2C[C@H]1O)c1ccc(Cl)nc1. The molecule has 1 aromatic heterocycles. The predicted octanol–water partition coefficient (Wildman–Crippen LogP) is 2.12. The van der Waals surface area contributed by atoms with Crippen molar-refractivity contribution in [2.75, 3.05) is 0 Å². The number of halogens is 1. The number of nitrogens with one attached hydrogen (secondary N) is 1. The van der Waals surface area contributed by atoms with Crippen molar-refractivity contribution in [3.05, 3.63) is 64.4 Å². The highest BCUT2D eigenvalue weighted by Crippen LogP contribution is 2.31. The zero-order chi connectivity index (χ0) is 14.1. The third kappa shape index (κ3) is 2.40. The molecule has 2 aromatic rings. The highest BCUT2D eigenvalue weighted by molar-refractivity contribution is 6.29. The number of pyridine rings is 1. The van der Waals surface area contributed by atoms with Crippen LogP contribution in [0.3, 0.4) is 0 Å².